The van der Waals surface area contributed by atoms with E-state index in [-0.39, 0.29) is 53.2 Å². The summed E-state index contributed by atoms with van der Waals surface area (Å²) in [6, 6.07) is 0. The predicted octanol–water partition coefficient (Wildman–Crippen LogP) is 5.97. The smallest absolute Gasteiger partial charge is 0.0797 e. The fourth-order valence-electron chi connectivity index (χ4n) is 1.46. The van der Waals surface area contributed by atoms with Gasteiger partial charge in [-0.1, -0.05) is 5.40 Å². The maximum atomic E-state index is 7.13. The molecule has 0 aliphatic carbocycles. The van der Waals surface area contributed by atoms with Crippen LogP contribution in [0.3, 0.4) is 0 Å². The maximum Gasteiger partial charge on any atom is -0.0797 e. The van der Waals surface area contributed by atoms with E-state index in [2.05, 4.69) is 40.3 Å². The summed E-state index contributed by atoms with van der Waals surface area (Å²) >= 11 is 4.00. The van der Waals surface area contributed by atoms with Crippen molar-refractivity contribution in [3.63, 3.8) is 0 Å². The Labute approximate surface area is 172 Å². The fraction of sp³-hybridized carbons (Fsp3) is 0.941. The van der Waals surface area contributed by atoms with Gasteiger partial charge in [0.2, 0.25) is 0 Å². The van der Waals surface area contributed by atoms with Crippen LogP contribution in [0.25, 0.3) is 0 Å². The van der Waals surface area contributed by atoms with Crippen molar-refractivity contribution >= 4 is 54.9 Å². The number of hydrogen-bond donors (Lipinski definition) is 0. The van der Waals surface area contributed by atoms with Crippen LogP contribution < -0.4 is 0 Å². The molecule has 0 aromatic carbocycles. The molecule has 136 valence electrons. The van der Waals surface area contributed by atoms with E-state index < -0.39 is 0 Å². The molecule has 0 amide bonds. The van der Waals surface area contributed by atoms with Crippen LogP contribution in [-0.4, -0.2) is 47.8 Å². The van der Waals surface area contributed by atoms with Crippen LogP contribution in [0.15, 0.2) is 0 Å². The Kier molecular flexibility index (Phi) is 67.0. The monoisotopic (exact) mass is 559 g/mol. The van der Waals surface area contributed by atoms with Gasteiger partial charge >= 0.3 is 139 Å². The average molecular weight is 557 g/mol. The minimum absolute atomic E-state index is 0. The minimum Gasteiger partial charge on any atom is -2.00 e. The molecule has 0 aromatic rings. The zero-order chi connectivity index (χ0) is 16.6. The molecule has 0 atom stereocenters. The van der Waals surface area contributed by atoms with E-state index in [1.807, 2.05) is 0 Å². The summed E-state index contributed by atoms with van der Waals surface area (Å²) in [4.78, 5) is 0. The third kappa shape index (κ3) is 59.8. The molecule has 0 fully saturated rings. The molecule has 23 heavy (non-hydrogen) atoms. The second-order valence-electron chi connectivity index (χ2n) is 5.01. The number of nitrogens with zero attached hydrogens (tertiary/aromatic N) is 1. The molecule has 0 bridgehead atoms. The molecule has 0 rings (SSSR count). The van der Waals surface area contributed by atoms with Crippen molar-refractivity contribution in [3.05, 3.63) is 0 Å². The molecule has 6 heteroatoms. The Morgan fingerprint density at radius 3 is 1.00 bits per heavy atom. The summed E-state index contributed by atoms with van der Waals surface area (Å²) in [5.74, 6) is 0. The van der Waals surface area contributed by atoms with E-state index in [0.29, 0.717) is 0 Å². The van der Waals surface area contributed by atoms with Crippen molar-refractivity contribution in [2.75, 3.05) is 0 Å². The van der Waals surface area contributed by atoms with E-state index in [4.69, 9.17) is 5.26 Å². The zero-order valence-corrected chi connectivity index (χ0v) is 22.2. The van der Waals surface area contributed by atoms with Crippen LogP contribution in [0.4, 0.5) is 0 Å². The first-order valence-electron chi connectivity index (χ1n) is 8.67. The van der Waals surface area contributed by atoms with Gasteiger partial charge in [0.25, 0.3) is 0 Å². The van der Waals surface area contributed by atoms with Crippen LogP contribution in [0.5, 0.6) is 0 Å². The van der Waals surface area contributed by atoms with Gasteiger partial charge in [0.15, 0.2) is 0 Å². The molecule has 0 aliphatic heterocycles. The quantitative estimate of drug-likeness (QED) is 0.128. The first-order chi connectivity index (χ1) is 10.2. The molecule has 0 heterocycles. The van der Waals surface area contributed by atoms with Gasteiger partial charge in [0.05, 0.1) is 0 Å². The van der Waals surface area contributed by atoms with Crippen LogP contribution >= 0.6 is 0 Å². The predicted molar refractivity (Wildman–Crippen MR) is 106 cm³/mol. The van der Waals surface area contributed by atoms with Gasteiger partial charge < -0.3 is 23.6 Å². The molecule has 0 unspecified atom stereocenters. The number of rotatable bonds is 12. The van der Waals surface area contributed by atoms with Gasteiger partial charge in [0, 0.05) is 0 Å². The Hall–Kier alpha value is 1.23. The van der Waals surface area contributed by atoms with E-state index in [9.17, 15) is 0 Å². The first-order valence-corrected chi connectivity index (χ1v) is 17.2. The van der Waals surface area contributed by atoms with Crippen molar-refractivity contribution in [1.82, 2.24) is 0 Å². The third-order valence-electron chi connectivity index (χ3n) is 2.83. The number of nitriles is 1. The summed E-state index contributed by atoms with van der Waals surface area (Å²) in [5, 5.41) is 8.47. The fourth-order valence-corrected chi connectivity index (χ4v) is 9.77. The second-order valence-corrected chi connectivity index (χ2v) is 13.8. The van der Waals surface area contributed by atoms with Crippen molar-refractivity contribution in [2.45, 2.75) is 96.8 Å². The van der Waals surface area contributed by atoms with Gasteiger partial charge in [-0.05, 0) is 0 Å². The Bertz CT molecular complexity index is 168. The molecule has 0 saturated heterocycles. The molecule has 3 nitrogen and oxygen atoms in total. The van der Waals surface area contributed by atoms with Gasteiger partial charge in [-0.2, -0.15) is 0 Å². The molecule has 0 aliphatic rings. The van der Waals surface area contributed by atoms with Crippen molar-refractivity contribution in [2.24, 2.45) is 0 Å². The summed E-state index contributed by atoms with van der Waals surface area (Å²) < 4.78 is 6.50. The Balaban J connectivity index is -0.0000000746. The molecule has 0 spiro atoms. The van der Waals surface area contributed by atoms with Crippen LogP contribution in [0.2, 0.25) is 17.7 Å². The molecule has 0 aromatic heterocycles. The topological polar surface area (TPSA) is 82.3 Å². The van der Waals surface area contributed by atoms with Gasteiger partial charge in [-0.15, -0.1) is 0 Å². The summed E-state index contributed by atoms with van der Waals surface area (Å²) in [6.07, 6.45) is 11.7. The van der Waals surface area contributed by atoms with Crippen LogP contribution in [0, 0.1) is 10.7 Å². The van der Waals surface area contributed by atoms with Crippen molar-refractivity contribution in [1.29, 1.82) is 5.26 Å². The number of thiocyanates is 1. The second kappa shape index (κ2) is 43.6. The molecule has 0 saturated carbocycles. The van der Waals surface area contributed by atoms with Crippen molar-refractivity contribution < 1.29 is 11.0 Å². The minimum atomic E-state index is 0. The molecule has 0 radical (unpaired) electrons. The average Bonchev–Trinajstić information content (AvgIpc) is 2.49. The van der Waals surface area contributed by atoms with E-state index in [0.717, 1.165) is 0 Å². The summed E-state index contributed by atoms with van der Waals surface area (Å²) in [5.41, 5.74) is 0. The standard InChI is InChI=1S/4C4H9.CHNS.H2O.O.2Sn/c4*1-3-4-2;2-1-3;;;;/h4*1,3-4H2,2H3;3H;1H2;;;/q;;;;;;-2;2*+2/p-2. The Morgan fingerprint density at radius 1 is 0.696 bits per heavy atom. The van der Waals surface area contributed by atoms with Crippen LogP contribution in [-0.2, 0) is 18.1 Å². The Morgan fingerprint density at radius 2 is 0.870 bits per heavy atom. The van der Waals surface area contributed by atoms with Crippen molar-refractivity contribution in [3.8, 4) is 5.40 Å². The molecule has 1 N–H and O–H groups in total. The number of hydrogen-bond acceptors (Lipinski definition) is 3. The number of unbranched alkanes of at least 4 members (excludes halogenated alkanes) is 4. The first kappa shape index (κ1) is 35.4. The SMILES string of the molecule is CCC[CH2][Sn+2][CH2]CCC.CCC[CH2][Sn+2][CH2]CCC.N#C[S-].[O-2].[OH-]. The van der Waals surface area contributed by atoms with Gasteiger partial charge in [-0.3, -0.25) is 0 Å². The van der Waals surface area contributed by atoms with E-state index >= 15 is 0 Å². The normalized spacial score (nSPS) is 7.43. The van der Waals surface area contributed by atoms with Crippen LogP contribution in [0.1, 0.15) is 79.1 Å². The van der Waals surface area contributed by atoms with Gasteiger partial charge in [-0.25, -0.2) is 5.26 Å². The largest absolute Gasteiger partial charge is 2.00 e. The summed E-state index contributed by atoms with van der Waals surface area (Å²) in [6.45, 7) is 9.16. The van der Waals surface area contributed by atoms with Gasteiger partial charge in [0.1, 0.15) is 0 Å². The molecular weight excluding hydrogens is 520 g/mol. The third-order valence-corrected chi connectivity index (χ3v) is 10.9. The zero-order valence-electron chi connectivity index (χ0n) is 15.7. The molecular formula is C17H37NO2SSn2. The van der Waals surface area contributed by atoms with E-state index in [1.54, 1.807) is 17.7 Å². The maximum absolute atomic E-state index is 7.13. The summed E-state index contributed by atoms with van der Waals surface area (Å²) in [7, 11) is 0. The van der Waals surface area contributed by atoms with E-state index in [1.165, 1.54) is 56.8 Å².